The zero-order valence-corrected chi connectivity index (χ0v) is 22.8. The molecule has 196 valence electrons. The van der Waals surface area contributed by atoms with Crippen LogP contribution in [-0.4, -0.2) is 12.5 Å². The molecule has 7 nitrogen and oxygen atoms in total. The van der Waals surface area contributed by atoms with E-state index in [-0.39, 0.29) is 5.02 Å². The first-order valence-electron chi connectivity index (χ1n) is 12.6. The van der Waals surface area contributed by atoms with Crippen LogP contribution in [0.3, 0.4) is 0 Å². The molecule has 38 heavy (non-hydrogen) atoms. The molecular formula is C29H28Cl2N4O3. The summed E-state index contributed by atoms with van der Waals surface area (Å²) in [6, 6.07) is 17.9. The average molecular weight is 551 g/mol. The van der Waals surface area contributed by atoms with Gasteiger partial charge < -0.3 is 14.2 Å². The fraction of sp³-hybridized carbons (Fsp3) is 0.448. The normalized spacial score (nSPS) is 27.0. The second kappa shape index (κ2) is 10.8. The van der Waals surface area contributed by atoms with E-state index in [9.17, 15) is 15.8 Å². The van der Waals surface area contributed by atoms with Crippen LogP contribution in [0, 0.1) is 56.2 Å². The van der Waals surface area contributed by atoms with Crippen molar-refractivity contribution in [1.82, 2.24) is 0 Å². The van der Waals surface area contributed by atoms with Crippen LogP contribution in [0.25, 0.3) is 0 Å². The summed E-state index contributed by atoms with van der Waals surface area (Å²) in [7, 11) is 0. The van der Waals surface area contributed by atoms with Crippen LogP contribution in [-0.2, 0) is 15.3 Å². The van der Waals surface area contributed by atoms with Crippen LogP contribution in [0.15, 0.2) is 42.5 Å². The molecule has 4 atom stereocenters. The van der Waals surface area contributed by atoms with Gasteiger partial charge in [-0.15, -0.1) is 0 Å². The largest absolute Gasteiger partial charge is 0.494 e. The van der Waals surface area contributed by atoms with Crippen LogP contribution >= 0.6 is 23.2 Å². The molecule has 0 spiro atoms. The molecule has 4 rings (SSSR count). The number of halogens is 2. The van der Waals surface area contributed by atoms with Gasteiger partial charge in [0.05, 0.1) is 35.8 Å². The maximum Gasteiger partial charge on any atom is 0.245 e. The summed E-state index contributed by atoms with van der Waals surface area (Å²) >= 11 is 12.7. The highest BCUT2D eigenvalue weighted by Gasteiger charge is 2.80. The topological polar surface area (TPSA) is 123 Å². The molecule has 0 radical (unpaired) electrons. The summed E-state index contributed by atoms with van der Waals surface area (Å²) < 4.78 is 18.4. The first kappa shape index (κ1) is 27.7. The third kappa shape index (κ3) is 4.09. The molecule has 4 unspecified atom stereocenters. The minimum Gasteiger partial charge on any atom is -0.494 e. The zero-order chi connectivity index (χ0) is 27.6. The minimum atomic E-state index is -2.07. The first-order chi connectivity index (χ1) is 18.3. The molecule has 0 amide bonds. The molecule has 2 saturated heterocycles. The molecule has 1 N–H and O–H groups in total. The number of ether oxygens (including phenoxy) is 3. The number of nitrogens with one attached hydrogen (secondary N) is 1. The molecule has 2 aliphatic rings. The number of unbranched alkanes of at least 4 members (excludes halogenated alkanes) is 4. The van der Waals surface area contributed by atoms with Gasteiger partial charge in [0.2, 0.25) is 17.1 Å². The van der Waals surface area contributed by atoms with E-state index < -0.39 is 34.5 Å². The van der Waals surface area contributed by atoms with Crippen molar-refractivity contribution in [2.75, 3.05) is 6.61 Å². The van der Waals surface area contributed by atoms with E-state index in [1.165, 1.54) is 25.3 Å². The van der Waals surface area contributed by atoms with Gasteiger partial charge in [-0.3, -0.25) is 5.41 Å². The maximum absolute atomic E-state index is 10.5. The van der Waals surface area contributed by atoms with Crippen molar-refractivity contribution in [2.45, 2.75) is 57.8 Å². The fourth-order valence-corrected chi connectivity index (χ4v) is 6.09. The van der Waals surface area contributed by atoms with E-state index in [0.717, 1.165) is 12.8 Å². The van der Waals surface area contributed by atoms with Gasteiger partial charge in [0.25, 0.3) is 0 Å². The molecule has 9 heteroatoms. The van der Waals surface area contributed by atoms with Gasteiger partial charge >= 0.3 is 0 Å². The molecule has 2 fully saturated rings. The molecule has 2 bridgehead atoms. The number of rotatable bonds is 9. The lowest BCUT2D eigenvalue weighted by molar-refractivity contribution is -0.288. The van der Waals surface area contributed by atoms with Gasteiger partial charge in [-0.05, 0) is 42.3 Å². The second-order valence-corrected chi connectivity index (χ2v) is 10.6. The van der Waals surface area contributed by atoms with Crippen molar-refractivity contribution in [3.63, 3.8) is 0 Å². The van der Waals surface area contributed by atoms with Crippen molar-refractivity contribution >= 4 is 29.1 Å². The third-order valence-electron chi connectivity index (χ3n) is 7.67. The van der Waals surface area contributed by atoms with Gasteiger partial charge in [0.15, 0.2) is 5.41 Å². The molecule has 2 heterocycles. The van der Waals surface area contributed by atoms with Gasteiger partial charge in [-0.25, -0.2) is 0 Å². The Hall–Kier alpha value is -3.28. The average Bonchev–Trinajstić information content (AvgIpc) is 3.07. The summed E-state index contributed by atoms with van der Waals surface area (Å²) in [5.41, 5.74) is -3.16. The molecule has 0 saturated carbocycles. The number of fused-ring (bicyclic) bond motifs is 2. The molecule has 2 aromatic rings. The number of benzene rings is 2. The van der Waals surface area contributed by atoms with E-state index in [2.05, 4.69) is 13.0 Å². The van der Waals surface area contributed by atoms with Crippen molar-refractivity contribution in [3.05, 3.63) is 63.6 Å². The van der Waals surface area contributed by atoms with Crippen LogP contribution in [0.1, 0.15) is 63.2 Å². The van der Waals surface area contributed by atoms with E-state index >= 15 is 0 Å². The predicted molar refractivity (Wildman–Crippen MR) is 142 cm³/mol. The van der Waals surface area contributed by atoms with E-state index in [1.54, 1.807) is 43.3 Å². The second-order valence-electron chi connectivity index (χ2n) is 9.73. The molecule has 0 aliphatic carbocycles. The van der Waals surface area contributed by atoms with Crippen molar-refractivity contribution in [2.24, 2.45) is 16.7 Å². The highest BCUT2D eigenvalue weighted by Crippen LogP contribution is 2.69. The van der Waals surface area contributed by atoms with Crippen LogP contribution < -0.4 is 4.74 Å². The summed E-state index contributed by atoms with van der Waals surface area (Å²) in [6.45, 7) is 4.39. The van der Waals surface area contributed by atoms with Crippen molar-refractivity contribution in [3.8, 4) is 24.0 Å². The summed E-state index contributed by atoms with van der Waals surface area (Å²) in [5, 5.41) is 40.6. The smallest absolute Gasteiger partial charge is 0.245 e. The number of hydrogen-bond donors (Lipinski definition) is 1. The number of nitrogens with zero attached hydrogens (tertiary/aromatic N) is 3. The third-order valence-corrected chi connectivity index (χ3v) is 8.22. The van der Waals surface area contributed by atoms with Crippen molar-refractivity contribution in [1.29, 1.82) is 21.2 Å². The van der Waals surface area contributed by atoms with Gasteiger partial charge in [-0.2, -0.15) is 15.8 Å². The van der Waals surface area contributed by atoms with Crippen molar-refractivity contribution < 1.29 is 14.2 Å². The molecule has 2 aliphatic heterocycles. The first-order valence-corrected chi connectivity index (χ1v) is 13.4. The molecular weight excluding hydrogens is 523 g/mol. The van der Waals surface area contributed by atoms with E-state index in [4.69, 9.17) is 42.8 Å². The van der Waals surface area contributed by atoms with E-state index in [1.807, 2.05) is 12.1 Å². The van der Waals surface area contributed by atoms with Gasteiger partial charge in [0, 0.05) is 10.6 Å². The fourth-order valence-electron chi connectivity index (χ4n) is 5.55. The SMILES string of the molecule is CCCCCCCOc1ccc(C2OC3(c4ccc(Cl)cc4Cl)OC(=N)C(C#N)(C3C)C2(C#N)C#N)cc1. The maximum atomic E-state index is 10.5. The Morgan fingerprint density at radius 3 is 2.26 bits per heavy atom. The van der Waals surface area contributed by atoms with Crippen LogP contribution in [0.5, 0.6) is 5.75 Å². The molecule has 0 aromatic heterocycles. The Labute approximate surface area is 232 Å². The predicted octanol–water partition coefficient (Wildman–Crippen LogP) is 7.45. The highest BCUT2D eigenvalue weighted by atomic mass is 35.5. The van der Waals surface area contributed by atoms with E-state index in [0.29, 0.717) is 28.5 Å². The Morgan fingerprint density at radius 2 is 1.66 bits per heavy atom. The summed E-state index contributed by atoms with van der Waals surface area (Å²) in [6.07, 6.45) is 4.39. The molecule has 2 aromatic carbocycles. The van der Waals surface area contributed by atoms with Gasteiger partial charge in [0.1, 0.15) is 11.9 Å². The Balaban J connectivity index is 1.74. The van der Waals surface area contributed by atoms with Crippen LogP contribution in [0.2, 0.25) is 10.0 Å². The Kier molecular flexibility index (Phi) is 7.91. The standard InChI is InChI=1S/C29H28Cl2N4O3/c1-3-4-5-6-7-14-36-22-11-8-20(9-12-22)25-27(16-32,17-33)28(18-34)19(2)29(37-25,38-26(28)35)23-13-10-21(30)15-24(23)31/h8-13,15,19,25,35H,3-7,14H2,1-2H3. The van der Waals surface area contributed by atoms with Crippen LogP contribution in [0.4, 0.5) is 0 Å². The lowest BCUT2D eigenvalue weighted by Crippen LogP contribution is -2.57. The highest BCUT2D eigenvalue weighted by molar-refractivity contribution is 6.35. The zero-order valence-electron chi connectivity index (χ0n) is 21.3. The Morgan fingerprint density at radius 1 is 0.974 bits per heavy atom. The quantitative estimate of drug-likeness (QED) is 0.323. The summed E-state index contributed by atoms with van der Waals surface area (Å²) in [4.78, 5) is 0. The number of nitriles is 3. The minimum absolute atomic E-state index is 0.216. The Bertz CT molecular complexity index is 1330. The lowest BCUT2D eigenvalue weighted by atomic mass is 9.53. The van der Waals surface area contributed by atoms with Gasteiger partial charge in [-0.1, -0.05) is 74.9 Å². The summed E-state index contributed by atoms with van der Waals surface area (Å²) in [5.74, 6) is -2.47. The number of hydrogen-bond acceptors (Lipinski definition) is 7. The monoisotopic (exact) mass is 550 g/mol. The lowest BCUT2D eigenvalue weighted by Gasteiger charge is -2.49.